The second-order valence-corrected chi connectivity index (χ2v) is 15.3. The van der Waals surface area contributed by atoms with Crippen molar-refractivity contribution in [2.24, 2.45) is 5.92 Å². The monoisotopic (exact) mass is 683 g/mol. The molecule has 0 aliphatic heterocycles. The second-order valence-electron chi connectivity index (χ2n) is 15.3. The van der Waals surface area contributed by atoms with Gasteiger partial charge in [-0.05, 0) is 18.4 Å². The number of Topliss-reactive ketones (excluding diaryl/α,β-unsaturated/α-hetero) is 2. The molecular weight excluding hydrogens is 601 g/mol. The van der Waals surface area contributed by atoms with E-state index in [4.69, 9.17) is 4.74 Å². The van der Waals surface area contributed by atoms with Crippen molar-refractivity contribution in [1.82, 2.24) is 0 Å². The first-order valence-electron chi connectivity index (χ1n) is 21.8. The number of carbonyl (C=O) groups is 2. The summed E-state index contributed by atoms with van der Waals surface area (Å²) in [6.07, 6.45) is 41.3. The molecule has 0 fully saturated rings. The Labute approximate surface area is 305 Å². The average molecular weight is 683 g/mol. The van der Waals surface area contributed by atoms with E-state index >= 15 is 0 Å². The fourth-order valence-corrected chi connectivity index (χ4v) is 7.10. The summed E-state index contributed by atoms with van der Waals surface area (Å²) in [5, 5.41) is 0. The topological polar surface area (TPSA) is 43.4 Å². The third-order valence-corrected chi connectivity index (χ3v) is 10.4. The van der Waals surface area contributed by atoms with Gasteiger partial charge in [0, 0.05) is 25.2 Å². The molecule has 0 aliphatic carbocycles. The maximum atomic E-state index is 13.2. The Bertz CT molecular complexity index is 834. The van der Waals surface area contributed by atoms with Crippen LogP contribution in [0.2, 0.25) is 0 Å². The van der Waals surface area contributed by atoms with Crippen LogP contribution in [0, 0.1) is 5.92 Å². The fourth-order valence-electron chi connectivity index (χ4n) is 7.10. The molecule has 0 radical (unpaired) electrons. The molecule has 0 saturated heterocycles. The van der Waals surface area contributed by atoms with E-state index in [1.165, 1.54) is 167 Å². The van der Waals surface area contributed by atoms with Gasteiger partial charge in [-0.2, -0.15) is 0 Å². The lowest BCUT2D eigenvalue weighted by Gasteiger charge is -2.16. The number of ether oxygens (including phenoxy) is 1. The van der Waals surface area contributed by atoms with E-state index in [1.807, 2.05) is 30.3 Å². The molecule has 0 aliphatic rings. The molecule has 0 aromatic heterocycles. The summed E-state index contributed by atoms with van der Waals surface area (Å²) in [6, 6.07) is 10.1. The van der Waals surface area contributed by atoms with E-state index in [9.17, 15) is 9.59 Å². The fraction of sp³-hybridized carbons (Fsp3) is 0.826. The molecule has 0 N–H and O–H groups in total. The number of rotatable bonds is 39. The van der Waals surface area contributed by atoms with Crippen LogP contribution in [0.5, 0.6) is 0 Å². The van der Waals surface area contributed by atoms with Crippen LogP contribution in [0.3, 0.4) is 0 Å². The summed E-state index contributed by atoms with van der Waals surface area (Å²) in [5.74, 6) is 0.180. The predicted octanol–water partition coefficient (Wildman–Crippen LogP) is 14.9. The molecular formula is C46H82O3. The van der Waals surface area contributed by atoms with Crippen LogP contribution in [-0.2, 0) is 20.9 Å². The minimum Gasteiger partial charge on any atom is -0.376 e. The van der Waals surface area contributed by atoms with E-state index in [2.05, 4.69) is 13.8 Å². The third-order valence-electron chi connectivity index (χ3n) is 10.4. The standard InChI is InChI=1S/C46H82O3/c1-3-5-7-9-11-13-15-17-19-21-23-25-27-29-34-38-45(47)40-44(42-49-41-43-36-32-31-33-37-43)46(48)39-35-30-28-26-24-22-20-18-16-14-12-10-8-6-4-2/h31-33,36-37,44H,3-30,34-35,38-42H2,1-2H3/t44-/m0/s1. The van der Waals surface area contributed by atoms with Gasteiger partial charge >= 0.3 is 0 Å². The number of benzene rings is 1. The van der Waals surface area contributed by atoms with E-state index < -0.39 is 0 Å². The summed E-state index contributed by atoms with van der Waals surface area (Å²) in [6.45, 7) is 5.42. The number of carbonyl (C=O) groups excluding carboxylic acids is 2. The van der Waals surface area contributed by atoms with Gasteiger partial charge in [0.2, 0.25) is 0 Å². The van der Waals surface area contributed by atoms with Gasteiger partial charge in [-0.1, -0.05) is 224 Å². The van der Waals surface area contributed by atoms with Crippen LogP contribution in [0.4, 0.5) is 0 Å². The highest BCUT2D eigenvalue weighted by Crippen LogP contribution is 2.19. The molecule has 0 heterocycles. The van der Waals surface area contributed by atoms with Gasteiger partial charge < -0.3 is 4.74 Å². The largest absolute Gasteiger partial charge is 0.376 e. The van der Waals surface area contributed by atoms with Gasteiger partial charge in [0.1, 0.15) is 11.6 Å². The molecule has 1 aromatic rings. The van der Waals surface area contributed by atoms with Gasteiger partial charge in [-0.25, -0.2) is 0 Å². The lowest BCUT2D eigenvalue weighted by molar-refractivity contribution is -0.130. The van der Waals surface area contributed by atoms with Crippen molar-refractivity contribution in [1.29, 1.82) is 0 Å². The van der Waals surface area contributed by atoms with Crippen LogP contribution in [0.1, 0.15) is 231 Å². The molecule has 0 unspecified atom stereocenters. The predicted molar refractivity (Wildman–Crippen MR) is 213 cm³/mol. The van der Waals surface area contributed by atoms with Crippen LogP contribution < -0.4 is 0 Å². The first-order valence-corrected chi connectivity index (χ1v) is 21.8. The van der Waals surface area contributed by atoms with Gasteiger partial charge in [0.05, 0.1) is 13.2 Å². The van der Waals surface area contributed by atoms with Crippen molar-refractivity contribution in [3.8, 4) is 0 Å². The Morgan fingerprint density at radius 2 is 0.816 bits per heavy atom. The lowest BCUT2D eigenvalue weighted by Crippen LogP contribution is -2.23. The maximum Gasteiger partial charge on any atom is 0.138 e. The van der Waals surface area contributed by atoms with Gasteiger partial charge in [-0.3, -0.25) is 9.59 Å². The van der Waals surface area contributed by atoms with Crippen LogP contribution in [0.25, 0.3) is 0 Å². The maximum absolute atomic E-state index is 13.2. The van der Waals surface area contributed by atoms with Crippen molar-refractivity contribution < 1.29 is 14.3 Å². The zero-order valence-electron chi connectivity index (χ0n) is 32.9. The number of hydrogen-bond acceptors (Lipinski definition) is 3. The van der Waals surface area contributed by atoms with Crippen LogP contribution >= 0.6 is 0 Å². The van der Waals surface area contributed by atoms with E-state index in [-0.39, 0.29) is 17.5 Å². The van der Waals surface area contributed by atoms with Crippen molar-refractivity contribution >= 4 is 11.6 Å². The summed E-state index contributed by atoms with van der Waals surface area (Å²) >= 11 is 0. The van der Waals surface area contributed by atoms with Crippen LogP contribution in [-0.4, -0.2) is 18.2 Å². The quantitative estimate of drug-likeness (QED) is 0.0649. The van der Waals surface area contributed by atoms with E-state index in [1.54, 1.807) is 0 Å². The second kappa shape index (κ2) is 36.3. The van der Waals surface area contributed by atoms with Gasteiger partial charge in [-0.15, -0.1) is 0 Å². The highest BCUT2D eigenvalue weighted by Gasteiger charge is 2.21. The first kappa shape index (κ1) is 45.5. The van der Waals surface area contributed by atoms with Crippen molar-refractivity contribution in [2.75, 3.05) is 6.61 Å². The Morgan fingerprint density at radius 1 is 0.469 bits per heavy atom. The van der Waals surface area contributed by atoms with Crippen molar-refractivity contribution in [3.05, 3.63) is 35.9 Å². The van der Waals surface area contributed by atoms with Crippen molar-refractivity contribution in [2.45, 2.75) is 232 Å². The van der Waals surface area contributed by atoms with Crippen molar-refractivity contribution in [3.63, 3.8) is 0 Å². The smallest absolute Gasteiger partial charge is 0.138 e. The highest BCUT2D eigenvalue weighted by atomic mass is 16.5. The van der Waals surface area contributed by atoms with E-state index in [0.717, 1.165) is 31.2 Å². The molecule has 1 aromatic carbocycles. The van der Waals surface area contributed by atoms with Gasteiger partial charge in [0.25, 0.3) is 0 Å². The van der Waals surface area contributed by atoms with E-state index in [0.29, 0.717) is 32.5 Å². The molecule has 49 heavy (non-hydrogen) atoms. The molecule has 0 bridgehead atoms. The molecule has 0 spiro atoms. The molecule has 284 valence electrons. The first-order chi connectivity index (χ1) is 24.2. The molecule has 1 atom stereocenters. The molecule has 0 amide bonds. The molecule has 3 heteroatoms. The minimum absolute atomic E-state index is 0.229. The summed E-state index contributed by atoms with van der Waals surface area (Å²) in [4.78, 5) is 26.2. The van der Waals surface area contributed by atoms with Gasteiger partial charge in [0.15, 0.2) is 0 Å². The normalized spacial score (nSPS) is 12.0. The Balaban J connectivity index is 2.16. The number of ketones is 2. The molecule has 0 saturated carbocycles. The number of hydrogen-bond donors (Lipinski definition) is 0. The highest BCUT2D eigenvalue weighted by molar-refractivity contribution is 5.88. The van der Waals surface area contributed by atoms with Crippen LogP contribution in [0.15, 0.2) is 30.3 Å². The average Bonchev–Trinajstić information content (AvgIpc) is 3.11. The Hall–Kier alpha value is -1.48. The zero-order valence-corrected chi connectivity index (χ0v) is 32.9. The Kier molecular flexibility index (Phi) is 33.8. The number of unbranched alkanes of at least 4 members (excludes halogenated alkanes) is 28. The third kappa shape index (κ3) is 31.0. The lowest BCUT2D eigenvalue weighted by atomic mass is 9.92. The molecule has 3 nitrogen and oxygen atoms in total. The summed E-state index contributed by atoms with van der Waals surface area (Å²) in [5.41, 5.74) is 1.11. The SMILES string of the molecule is CCCCCCCCCCCCCCCCCC(=O)C[C@@H](COCc1ccccc1)C(=O)CCCCCCCCCCCCCCCCC. The minimum atomic E-state index is -0.292. The zero-order chi connectivity index (χ0) is 35.3. The summed E-state index contributed by atoms with van der Waals surface area (Å²) in [7, 11) is 0. The summed E-state index contributed by atoms with van der Waals surface area (Å²) < 4.78 is 5.99. The Morgan fingerprint density at radius 3 is 1.20 bits per heavy atom. The molecule has 1 rings (SSSR count).